The highest BCUT2D eigenvalue weighted by molar-refractivity contribution is 6.02. The smallest absolute Gasteiger partial charge is 0.414 e. The standard InChI is InChI=1S/C57H67F2N9O9/c1-4-39-42(58)13-11-36-28-37(69)29-40(47(36)39)49-48(59)50-41(31-60-49)51(66-22-7-19-56(2,74)32-66)63-53(62-50)76-33-57-20-8-25-68(57,26-9-21-57)34-77-55(73)65-23-17-35(18-24-65)10-5-6-27-75-38-12-14-43-45(30-38)64(3)54(72)67(43)44-15-16-46(70)61-52(44)71/h11-14,28-31,35,44,74H,4-10,15-27,32-34H2,1-3H3,(H-,61,69,70,71)/p+1/t44?,56-,57?,68?/m1/s1. The number of likely N-dealkylation sites (tertiary alicyclic amines) is 1. The van der Waals surface area contributed by atoms with Gasteiger partial charge in [-0.15, -0.1) is 0 Å². The number of aromatic nitrogens is 5. The van der Waals surface area contributed by atoms with Crippen LogP contribution in [0.5, 0.6) is 17.5 Å². The second kappa shape index (κ2) is 20.8. The number of fused-ring (bicyclic) bond motifs is 4. The van der Waals surface area contributed by atoms with Crippen LogP contribution in [0.25, 0.3) is 44.0 Å². The zero-order valence-electron chi connectivity index (χ0n) is 44.1. The van der Waals surface area contributed by atoms with Crippen LogP contribution in [0.15, 0.2) is 53.5 Å². The molecule has 0 spiro atoms. The normalized spacial score (nSPS) is 24.0. The molecule has 8 heterocycles. The van der Waals surface area contributed by atoms with Gasteiger partial charge in [0.1, 0.15) is 52.5 Å². The number of quaternary nitrogens is 1. The quantitative estimate of drug-likeness (QED) is 0.0508. The zero-order valence-corrected chi connectivity index (χ0v) is 44.1. The SMILES string of the molecule is CCc1c(F)ccc2cc(O)cc(-c3ncc4c(N5CCC[C@@](C)(O)C5)nc(OCC56CCC[N+]5(COC(=O)N5CCC(CCCCOc7ccc8c(c7)n(C)c(=O)n8C7CCC(=O)NC7=O)CC5)CCC6)nc4c3F)c12. The van der Waals surface area contributed by atoms with E-state index in [1.54, 1.807) is 32.2 Å². The fraction of sp³-hybridized carbons (Fsp3) is 0.526. The highest BCUT2D eigenvalue weighted by atomic mass is 19.1. The van der Waals surface area contributed by atoms with Gasteiger partial charge in [-0.05, 0) is 111 Å². The molecular formula is C57H68F2N9O9+. The fourth-order valence-electron chi connectivity index (χ4n) is 13.4. The van der Waals surface area contributed by atoms with Crippen LogP contribution in [0, 0.1) is 17.6 Å². The number of piperidine rings is 3. The summed E-state index contributed by atoms with van der Waals surface area (Å²) in [5.74, 6) is -0.633. The second-order valence-electron chi connectivity index (χ2n) is 22.5. The van der Waals surface area contributed by atoms with Crippen molar-refractivity contribution in [2.24, 2.45) is 13.0 Å². The molecule has 5 fully saturated rings. The molecule has 408 valence electrons. The number of imide groups is 1. The summed E-state index contributed by atoms with van der Waals surface area (Å²) in [6.45, 7) is 8.22. The summed E-state index contributed by atoms with van der Waals surface area (Å²) in [5, 5.41) is 25.6. The Hall–Kier alpha value is -6.93. The molecule has 6 aromatic rings. The fourth-order valence-corrected chi connectivity index (χ4v) is 13.4. The van der Waals surface area contributed by atoms with Gasteiger partial charge in [0.05, 0.1) is 41.7 Å². The third kappa shape index (κ3) is 9.80. The van der Waals surface area contributed by atoms with E-state index in [4.69, 9.17) is 24.2 Å². The largest absolute Gasteiger partial charge is 0.508 e. The van der Waals surface area contributed by atoms with E-state index in [2.05, 4.69) is 10.3 Å². The predicted molar refractivity (Wildman–Crippen MR) is 284 cm³/mol. The van der Waals surface area contributed by atoms with E-state index in [0.717, 1.165) is 70.9 Å². The molecule has 3 amide bonds. The van der Waals surface area contributed by atoms with E-state index in [1.165, 1.54) is 33.5 Å². The van der Waals surface area contributed by atoms with Gasteiger partial charge in [0, 0.05) is 83.2 Å². The van der Waals surface area contributed by atoms with E-state index in [9.17, 15) is 29.4 Å². The van der Waals surface area contributed by atoms with Crippen molar-refractivity contribution in [3.05, 3.63) is 76.3 Å². The number of rotatable bonds is 15. The molecule has 0 bridgehead atoms. The summed E-state index contributed by atoms with van der Waals surface area (Å²) in [6.07, 6.45) is 11.4. The number of carbonyl (C=O) groups is 3. The van der Waals surface area contributed by atoms with Gasteiger partial charge >= 0.3 is 17.8 Å². The average molecular weight is 1060 g/mol. The molecule has 5 saturated heterocycles. The van der Waals surface area contributed by atoms with Crippen molar-refractivity contribution in [2.75, 3.05) is 64.1 Å². The lowest BCUT2D eigenvalue weighted by molar-refractivity contribution is -0.966. The monoisotopic (exact) mass is 1060 g/mol. The molecule has 18 nitrogen and oxygen atoms in total. The van der Waals surface area contributed by atoms with Crippen LogP contribution < -0.4 is 25.4 Å². The number of nitrogens with zero attached hydrogens (tertiary/aromatic N) is 8. The Morgan fingerprint density at radius 1 is 0.935 bits per heavy atom. The molecule has 0 saturated carbocycles. The minimum Gasteiger partial charge on any atom is -0.508 e. The first-order chi connectivity index (χ1) is 37.1. The number of aliphatic hydroxyl groups is 1. The van der Waals surface area contributed by atoms with Gasteiger partial charge in [-0.1, -0.05) is 19.4 Å². The van der Waals surface area contributed by atoms with Crippen molar-refractivity contribution in [1.29, 1.82) is 0 Å². The van der Waals surface area contributed by atoms with Crippen molar-refractivity contribution in [3.63, 3.8) is 0 Å². The van der Waals surface area contributed by atoms with Crippen molar-refractivity contribution in [2.45, 2.75) is 121 Å². The van der Waals surface area contributed by atoms with Crippen LogP contribution in [-0.2, 0) is 27.8 Å². The number of anilines is 1. The number of aryl methyl sites for hydroxylation is 2. The minimum atomic E-state index is -1.01. The number of unbranched alkanes of at least 4 members (excludes halogenated alkanes) is 1. The Balaban J connectivity index is 0.718. The van der Waals surface area contributed by atoms with E-state index < -0.39 is 29.2 Å². The first kappa shape index (κ1) is 52.1. The Kier molecular flexibility index (Phi) is 14.1. The minimum absolute atomic E-state index is 0.0269. The number of pyridine rings is 1. The molecule has 0 aliphatic carbocycles. The number of carbonyl (C=O) groups excluding carboxylic acids is 3. The highest BCUT2D eigenvalue weighted by Gasteiger charge is 2.59. The van der Waals surface area contributed by atoms with Crippen molar-refractivity contribution >= 4 is 56.4 Å². The van der Waals surface area contributed by atoms with Gasteiger partial charge in [-0.25, -0.2) is 18.4 Å². The van der Waals surface area contributed by atoms with Crippen molar-refractivity contribution in [3.8, 4) is 28.8 Å². The predicted octanol–water partition coefficient (Wildman–Crippen LogP) is 7.95. The molecule has 5 aliphatic rings. The van der Waals surface area contributed by atoms with E-state index in [0.29, 0.717) is 100 Å². The number of aromatic hydroxyl groups is 1. The molecule has 3 N–H and O–H groups in total. The van der Waals surface area contributed by atoms with Crippen LogP contribution in [-0.4, -0.2) is 132 Å². The summed E-state index contributed by atoms with van der Waals surface area (Å²) in [5.41, 5.74) is 0.0125. The lowest BCUT2D eigenvalue weighted by atomic mass is 9.92. The van der Waals surface area contributed by atoms with Gasteiger partial charge in [-0.3, -0.25) is 33.5 Å². The van der Waals surface area contributed by atoms with Crippen LogP contribution >= 0.6 is 0 Å². The van der Waals surface area contributed by atoms with Gasteiger partial charge < -0.3 is 34.2 Å². The third-order valence-electron chi connectivity index (χ3n) is 17.5. The number of benzene rings is 3. The highest BCUT2D eigenvalue weighted by Crippen LogP contribution is 2.47. The number of hydrogen-bond donors (Lipinski definition) is 3. The summed E-state index contributed by atoms with van der Waals surface area (Å²) >= 11 is 0. The van der Waals surface area contributed by atoms with Crippen molar-refractivity contribution < 1.29 is 52.1 Å². The maximum absolute atomic E-state index is 17.3. The second-order valence-corrected chi connectivity index (χ2v) is 22.5. The van der Waals surface area contributed by atoms with Crippen LogP contribution in [0.1, 0.15) is 109 Å². The Morgan fingerprint density at radius 3 is 2.48 bits per heavy atom. The Bertz CT molecular complexity index is 3340. The number of hydrogen-bond acceptors (Lipinski definition) is 13. The third-order valence-corrected chi connectivity index (χ3v) is 17.5. The number of halogens is 2. The molecule has 1 unspecified atom stereocenters. The van der Waals surface area contributed by atoms with Crippen molar-refractivity contribution in [1.82, 2.24) is 34.3 Å². The number of amides is 3. The number of imidazole rings is 1. The summed E-state index contributed by atoms with van der Waals surface area (Å²) in [4.78, 5) is 69.1. The van der Waals surface area contributed by atoms with Gasteiger partial charge in [0.25, 0.3) is 0 Å². The molecule has 11 rings (SSSR count). The molecule has 5 aliphatic heterocycles. The number of β-amino-alcohol motifs (C(OH)–C–C–N with tert-alkyl or cyclic N) is 1. The maximum atomic E-state index is 17.3. The van der Waals surface area contributed by atoms with Crippen LogP contribution in [0.3, 0.4) is 0 Å². The maximum Gasteiger partial charge on any atom is 0.414 e. The number of ether oxygens (including phenoxy) is 3. The average Bonchev–Trinajstić information content (AvgIpc) is 4.14. The first-order valence-electron chi connectivity index (χ1n) is 27.4. The number of phenols is 1. The topological polar surface area (TPSA) is 203 Å². The zero-order chi connectivity index (χ0) is 53.8. The summed E-state index contributed by atoms with van der Waals surface area (Å²) in [7, 11) is 1.66. The molecular weight excluding hydrogens is 993 g/mol. The Labute approximate surface area is 444 Å². The van der Waals surface area contributed by atoms with Crippen LogP contribution in [0.2, 0.25) is 0 Å². The van der Waals surface area contributed by atoms with Gasteiger partial charge in [0.15, 0.2) is 5.82 Å². The van der Waals surface area contributed by atoms with E-state index in [1.807, 2.05) is 22.8 Å². The van der Waals surface area contributed by atoms with E-state index in [-0.39, 0.29) is 84.5 Å². The van der Waals surface area contributed by atoms with Gasteiger partial charge in [0.2, 0.25) is 18.5 Å². The number of phenolic OH excluding ortho intramolecular Hbond substituents is 1. The van der Waals surface area contributed by atoms with E-state index >= 15 is 8.78 Å². The summed E-state index contributed by atoms with van der Waals surface area (Å²) in [6, 6.07) is 10.5. The molecule has 20 heteroatoms. The lowest BCUT2D eigenvalue weighted by Crippen LogP contribution is -2.61. The lowest BCUT2D eigenvalue weighted by Gasteiger charge is -2.43. The Morgan fingerprint density at radius 2 is 1.73 bits per heavy atom. The summed E-state index contributed by atoms with van der Waals surface area (Å²) < 4.78 is 55.0. The first-order valence-corrected chi connectivity index (χ1v) is 27.4. The molecule has 0 radical (unpaired) electrons. The molecule has 3 aromatic heterocycles. The van der Waals surface area contributed by atoms with Crippen LogP contribution in [0.4, 0.5) is 19.4 Å². The molecule has 3 aromatic carbocycles. The molecule has 2 atom stereocenters. The van der Waals surface area contributed by atoms with Gasteiger partial charge in [-0.2, -0.15) is 9.97 Å². The molecule has 77 heavy (non-hydrogen) atoms. The number of nitrogens with one attached hydrogen (secondary N) is 1.